The number of nitrogens with zero attached hydrogens (tertiary/aromatic N) is 2. The van der Waals surface area contributed by atoms with Gasteiger partial charge >= 0.3 is 0 Å². The van der Waals surface area contributed by atoms with Crippen molar-refractivity contribution in [3.8, 4) is 11.3 Å². The smallest absolute Gasteiger partial charge is 0.266 e. The molecule has 1 aliphatic heterocycles. The number of benzene rings is 2. The molecule has 0 aliphatic carbocycles. The number of carbonyl (C=O) groups is 2. The van der Waals surface area contributed by atoms with Gasteiger partial charge in [0.15, 0.2) is 0 Å². The number of thiazole rings is 1. The van der Waals surface area contributed by atoms with E-state index in [9.17, 15) is 9.59 Å². The molecule has 8 heteroatoms. The molecule has 1 N–H and O–H groups in total. The summed E-state index contributed by atoms with van der Waals surface area (Å²) in [6.07, 6.45) is 2.01. The van der Waals surface area contributed by atoms with Crippen molar-refractivity contribution in [1.82, 2.24) is 15.2 Å². The standard InChI is InChI=1S/C23H19N3O2S3/c27-20(24-14-21-25-18(15-30-21)17-9-5-2-6-10-17)11-12-26-22(28)19(31-23(26)29)13-16-7-3-1-4-8-16/h1-10,13,15H,11-12,14H2,(H,24,27)/b19-13-. The second-order valence-electron chi connectivity index (χ2n) is 6.76. The van der Waals surface area contributed by atoms with Crippen LogP contribution in [0.15, 0.2) is 70.9 Å². The van der Waals surface area contributed by atoms with Crippen LogP contribution in [0.3, 0.4) is 0 Å². The van der Waals surface area contributed by atoms with E-state index in [1.54, 1.807) is 0 Å². The van der Waals surface area contributed by atoms with E-state index in [-0.39, 0.29) is 24.8 Å². The van der Waals surface area contributed by atoms with Crippen LogP contribution in [0.5, 0.6) is 0 Å². The molecule has 2 heterocycles. The van der Waals surface area contributed by atoms with Gasteiger partial charge in [0.05, 0.1) is 17.1 Å². The number of nitrogens with one attached hydrogen (secondary N) is 1. The van der Waals surface area contributed by atoms with Gasteiger partial charge in [-0.05, 0) is 11.6 Å². The van der Waals surface area contributed by atoms with Crippen molar-refractivity contribution in [2.75, 3.05) is 6.54 Å². The maximum absolute atomic E-state index is 12.7. The zero-order valence-electron chi connectivity index (χ0n) is 16.5. The molecule has 0 spiro atoms. The normalized spacial score (nSPS) is 15.0. The van der Waals surface area contributed by atoms with Gasteiger partial charge in [0.25, 0.3) is 5.91 Å². The van der Waals surface area contributed by atoms with Crippen LogP contribution >= 0.6 is 35.3 Å². The lowest BCUT2D eigenvalue weighted by Gasteiger charge is -2.13. The van der Waals surface area contributed by atoms with Crippen LogP contribution < -0.4 is 5.32 Å². The van der Waals surface area contributed by atoms with Crippen molar-refractivity contribution in [3.05, 3.63) is 81.5 Å². The van der Waals surface area contributed by atoms with E-state index in [4.69, 9.17) is 12.2 Å². The van der Waals surface area contributed by atoms with Crippen LogP contribution in [-0.4, -0.2) is 32.6 Å². The summed E-state index contributed by atoms with van der Waals surface area (Å²) < 4.78 is 0.479. The Bertz CT molecular complexity index is 1130. The first-order valence-corrected chi connectivity index (χ1v) is 11.8. The molecule has 31 heavy (non-hydrogen) atoms. The third-order valence-electron chi connectivity index (χ3n) is 4.59. The number of carbonyl (C=O) groups excluding carboxylic acids is 2. The number of aromatic nitrogens is 1. The highest BCUT2D eigenvalue weighted by Gasteiger charge is 2.32. The van der Waals surface area contributed by atoms with Crippen LogP contribution in [0.25, 0.3) is 17.3 Å². The number of hydrogen-bond donors (Lipinski definition) is 1. The number of thioether (sulfide) groups is 1. The number of amides is 2. The average Bonchev–Trinajstić information content (AvgIpc) is 3.37. The Balaban J connectivity index is 1.28. The lowest BCUT2D eigenvalue weighted by atomic mass is 10.2. The van der Waals surface area contributed by atoms with Crippen LogP contribution in [0.1, 0.15) is 17.0 Å². The molecule has 0 unspecified atom stereocenters. The number of rotatable bonds is 7. The Morgan fingerprint density at radius 3 is 2.55 bits per heavy atom. The summed E-state index contributed by atoms with van der Waals surface area (Å²) in [7, 11) is 0. The monoisotopic (exact) mass is 465 g/mol. The highest BCUT2D eigenvalue weighted by atomic mass is 32.2. The molecule has 1 fully saturated rings. The molecule has 156 valence electrons. The van der Waals surface area contributed by atoms with Crippen molar-refractivity contribution in [2.24, 2.45) is 0 Å². The van der Waals surface area contributed by atoms with Crippen LogP contribution in [0.4, 0.5) is 0 Å². The Morgan fingerprint density at radius 1 is 1.10 bits per heavy atom. The van der Waals surface area contributed by atoms with E-state index in [2.05, 4.69) is 10.3 Å². The van der Waals surface area contributed by atoms with Crippen LogP contribution in [0, 0.1) is 0 Å². The van der Waals surface area contributed by atoms with E-state index >= 15 is 0 Å². The minimum absolute atomic E-state index is 0.141. The summed E-state index contributed by atoms with van der Waals surface area (Å²) >= 11 is 8.12. The van der Waals surface area contributed by atoms with Gasteiger partial charge in [-0.15, -0.1) is 11.3 Å². The first-order valence-electron chi connectivity index (χ1n) is 9.67. The van der Waals surface area contributed by atoms with Gasteiger partial charge < -0.3 is 5.32 Å². The third kappa shape index (κ3) is 5.46. The zero-order chi connectivity index (χ0) is 21.6. The lowest BCUT2D eigenvalue weighted by Crippen LogP contribution is -2.33. The Morgan fingerprint density at radius 2 is 1.81 bits per heavy atom. The molecule has 0 bridgehead atoms. The highest BCUT2D eigenvalue weighted by Crippen LogP contribution is 2.32. The van der Waals surface area contributed by atoms with Gasteiger partial charge in [-0.25, -0.2) is 4.98 Å². The van der Waals surface area contributed by atoms with E-state index < -0.39 is 0 Å². The number of thiocarbonyl (C=S) groups is 1. The molecule has 1 aromatic heterocycles. The van der Waals surface area contributed by atoms with Gasteiger partial charge in [0.1, 0.15) is 9.33 Å². The van der Waals surface area contributed by atoms with Crippen molar-refractivity contribution in [1.29, 1.82) is 0 Å². The predicted octanol–water partition coefficient (Wildman–Crippen LogP) is 4.72. The van der Waals surface area contributed by atoms with Crippen LogP contribution in [0.2, 0.25) is 0 Å². The molecular formula is C23H19N3O2S3. The van der Waals surface area contributed by atoms with Gasteiger partial charge in [0, 0.05) is 23.9 Å². The Labute approximate surface area is 194 Å². The average molecular weight is 466 g/mol. The summed E-state index contributed by atoms with van der Waals surface area (Å²) in [5.74, 6) is -0.295. The summed E-state index contributed by atoms with van der Waals surface area (Å²) in [5.41, 5.74) is 2.89. The molecule has 0 atom stereocenters. The van der Waals surface area contributed by atoms with Crippen LogP contribution in [-0.2, 0) is 16.1 Å². The molecule has 0 saturated carbocycles. The molecule has 2 aromatic carbocycles. The SMILES string of the molecule is O=C(CCN1C(=O)/C(=C/c2ccccc2)SC1=S)NCc1nc(-c2ccccc2)cs1. The summed E-state index contributed by atoms with van der Waals surface area (Å²) in [4.78, 5) is 31.6. The molecule has 3 aromatic rings. The maximum Gasteiger partial charge on any atom is 0.266 e. The molecule has 1 saturated heterocycles. The summed E-state index contributed by atoms with van der Waals surface area (Å²) in [5, 5.41) is 5.69. The van der Waals surface area contributed by atoms with Crippen molar-refractivity contribution < 1.29 is 9.59 Å². The van der Waals surface area contributed by atoms with Gasteiger partial charge in [0.2, 0.25) is 5.91 Å². The van der Waals surface area contributed by atoms with Crippen molar-refractivity contribution in [3.63, 3.8) is 0 Å². The Kier molecular flexibility index (Phi) is 6.91. The molecule has 1 aliphatic rings. The molecular weight excluding hydrogens is 446 g/mol. The van der Waals surface area contributed by atoms with Gasteiger partial charge in [-0.1, -0.05) is 84.6 Å². The molecule has 5 nitrogen and oxygen atoms in total. The Hall–Kier alpha value is -2.81. The predicted molar refractivity (Wildman–Crippen MR) is 130 cm³/mol. The molecule has 0 radical (unpaired) electrons. The molecule has 4 rings (SSSR count). The zero-order valence-corrected chi connectivity index (χ0v) is 18.9. The molecule has 2 amide bonds. The third-order valence-corrected chi connectivity index (χ3v) is 6.82. The summed E-state index contributed by atoms with van der Waals surface area (Å²) in [6, 6.07) is 19.5. The van der Waals surface area contributed by atoms with Crippen molar-refractivity contribution in [2.45, 2.75) is 13.0 Å². The fourth-order valence-electron chi connectivity index (χ4n) is 3.00. The minimum Gasteiger partial charge on any atom is -0.350 e. The maximum atomic E-state index is 12.7. The van der Waals surface area contributed by atoms with E-state index in [1.165, 1.54) is 28.0 Å². The fraction of sp³-hybridized carbons (Fsp3) is 0.130. The first kappa shape index (κ1) is 21.4. The van der Waals surface area contributed by atoms with Gasteiger partial charge in [-0.3, -0.25) is 14.5 Å². The second-order valence-corrected chi connectivity index (χ2v) is 9.38. The number of hydrogen-bond acceptors (Lipinski definition) is 6. The van der Waals surface area contributed by atoms with Gasteiger partial charge in [-0.2, -0.15) is 0 Å². The van der Waals surface area contributed by atoms with E-state index in [0.717, 1.165) is 21.8 Å². The fourth-order valence-corrected chi connectivity index (χ4v) is 5.05. The topological polar surface area (TPSA) is 62.3 Å². The largest absolute Gasteiger partial charge is 0.350 e. The summed E-state index contributed by atoms with van der Waals surface area (Å²) in [6.45, 7) is 0.623. The van der Waals surface area contributed by atoms with Crippen molar-refractivity contribution >= 4 is 57.5 Å². The quantitative estimate of drug-likeness (QED) is 0.404. The highest BCUT2D eigenvalue weighted by molar-refractivity contribution is 8.26. The minimum atomic E-state index is -0.154. The van der Waals surface area contributed by atoms with E-state index in [0.29, 0.717) is 15.8 Å². The van der Waals surface area contributed by atoms with E-state index in [1.807, 2.05) is 72.1 Å². The lowest BCUT2D eigenvalue weighted by molar-refractivity contribution is -0.123. The second kappa shape index (κ2) is 10.00. The first-order chi connectivity index (χ1) is 15.1.